The van der Waals surface area contributed by atoms with E-state index in [0.29, 0.717) is 25.6 Å². The molecule has 0 bridgehead atoms. The quantitative estimate of drug-likeness (QED) is 0.863. The monoisotopic (exact) mass is 343 g/mol. The molecule has 136 valence electrons. The summed E-state index contributed by atoms with van der Waals surface area (Å²) in [5.74, 6) is 0.276. The van der Waals surface area contributed by atoms with Crippen LogP contribution in [0.1, 0.15) is 50.6 Å². The molecular formula is C20H29N3O2. The van der Waals surface area contributed by atoms with Crippen LogP contribution in [0.3, 0.4) is 0 Å². The number of nitrogens with zero attached hydrogens (tertiary/aromatic N) is 2. The summed E-state index contributed by atoms with van der Waals surface area (Å²) in [6.45, 7) is 4.79. The van der Waals surface area contributed by atoms with Crippen LogP contribution in [0.4, 0.5) is 0 Å². The van der Waals surface area contributed by atoms with Crippen LogP contribution in [0.5, 0.6) is 0 Å². The molecule has 5 nitrogen and oxygen atoms in total. The second-order valence-electron chi connectivity index (χ2n) is 7.25. The van der Waals surface area contributed by atoms with Crippen molar-refractivity contribution < 1.29 is 9.59 Å². The minimum atomic E-state index is 0.00884. The van der Waals surface area contributed by atoms with E-state index in [-0.39, 0.29) is 17.9 Å². The number of nitrogens with one attached hydrogen (secondary N) is 1. The van der Waals surface area contributed by atoms with Crippen molar-refractivity contribution in [1.29, 1.82) is 0 Å². The predicted molar refractivity (Wildman–Crippen MR) is 98.0 cm³/mol. The highest BCUT2D eigenvalue weighted by molar-refractivity contribution is 5.80. The molecule has 1 aromatic rings. The summed E-state index contributed by atoms with van der Waals surface area (Å²) in [5.41, 5.74) is 1.11. The lowest BCUT2D eigenvalue weighted by molar-refractivity contribution is -0.139. The minimum absolute atomic E-state index is 0.00884. The molecule has 2 amide bonds. The Labute approximate surface area is 150 Å². The molecular weight excluding hydrogens is 314 g/mol. The summed E-state index contributed by atoms with van der Waals surface area (Å²) in [6.07, 6.45) is 5.25. The Hall–Kier alpha value is -1.88. The van der Waals surface area contributed by atoms with Gasteiger partial charge in [-0.2, -0.15) is 0 Å². The number of hydrogen-bond donors (Lipinski definition) is 1. The summed E-state index contributed by atoms with van der Waals surface area (Å²) in [4.78, 5) is 28.8. The minimum Gasteiger partial charge on any atom is -0.350 e. The molecule has 2 fully saturated rings. The fraction of sp³-hybridized carbons (Fsp3) is 0.600. The first-order valence-electron chi connectivity index (χ1n) is 9.49. The van der Waals surface area contributed by atoms with Gasteiger partial charge in [0.2, 0.25) is 11.8 Å². The van der Waals surface area contributed by atoms with E-state index in [1.807, 2.05) is 37.3 Å². The number of rotatable bonds is 6. The lowest BCUT2D eigenvalue weighted by Crippen LogP contribution is -2.53. The summed E-state index contributed by atoms with van der Waals surface area (Å²) in [7, 11) is 0. The molecule has 0 spiro atoms. The van der Waals surface area contributed by atoms with Gasteiger partial charge in [-0.25, -0.2) is 0 Å². The molecule has 1 saturated carbocycles. The van der Waals surface area contributed by atoms with Crippen LogP contribution in [0, 0.1) is 0 Å². The van der Waals surface area contributed by atoms with E-state index in [9.17, 15) is 9.59 Å². The number of hydrogen-bond acceptors (Lipinski definition) is 3. The topological polar surface area (TPSA) is 52.7 Å². The van der Waals surface area contributed by atoms with Gasteiger partial charge in [0.05, 0.1) is 12.6 Å². The lowest BCUT2D eigenvalue weighted by atomic mass is 10.1. The number of benzene rings is 1. The molecule has 1 N–H and O–H groups in total. The number of carbonyl (C=O) groups is 2. The Kier molecular flexibility index (Phi) is 6.08. The maximum atomic E-state index is 12.4. The Morgan fingerprint density at radius 3 is 2.60 bits per heavy atom. The molecule has 1 heterocycles. The highest BCUT2D eigenvalue weighted by atomic mass is 16.2. The first kappa shape index (κ1) is 17.9. The van der Waals surface area contributed by atoms with Gasteiger partial charge >= 0.3 is 0 Å². The molecule has 3 rings (SSSR count). The van der Waals surface area contributed by atoms with Crippen LogP contribution < -0.4 is 5.32 Å². The lowest BCUT2D eigenvalue weighted by Gasteiger charge is -2.37. The van der Waals surface area contributed by atoms with Crippen molar-refractivity contribution >= 4 is 11.8 Å². The molecule has 5 heteroatoms. The maximum Gasteiger partial charge on any atom is 0.237 e. The van der Waals surface area contributed by atoms with Gasteiger partial charge in [-0.3, -0.25) is 14.5 Å². The fourth-order valence-electron chi connectivity index (χ4n) is 3.93. The van der Waals surface area contributed by atoms with E-state index in [1.54, 1.807) is 0 Å². The smallest absolute Gasteiger partial charge is 0.237 e. The highest BCUT2D eigenvalue weighted by Crippen LogP contribution is 2.24. The molecule has 1 atom stereocenters. The van der Waals surface area contributed by atoms with Crippen molar-refractivity contribution in [3.05, 3.63) is 35.9 Å². The average molecular weight is 343 g/mol. The summed E-state index contributed by atoms with van der Waals surface area (Å²) in [5, 5.41) is 3.04. The fourth-order valence-corrected chi connectivity index (χ4v) is 3.93. The first-order valence-corrected chi connectivity index (χ1v) is 9.49. The van der Waals surface area contributed by atoms with Crippen LogP contribution in [-0.2, 0) is 9.59 Å². The van der Waals surface area contributed by atoms with Gasteiger partial charge in [0, 0.05) is 32.1 Å². The largest absolute Gasteiger partial charge is 0.350 e. The number of amides is 2. The van der Waals surface area contributed by atoms with Crippen LogP contribution >= 0.6 is 0 Å². The first-order chi connectivity index (χ1) is 12.1. The van der Waals surface area contributed by atoms with E-state index in [0.717, 1.165) is 31.5 Å². The number of carbonyl (C=O) groups excluding carboxylic acids is 2. The maximum absolute atomic E-state index is 12.4. The standard InChI is InChI=1S/C20H29N3O2/c1-16(17-7-3-2-4-8-17)21-19(24)11-12-22-13-14-23(20(25)15-22)18-9-5-6-10-18/h2-4,7-8,16,18H,5-6,9-15H2,1H3,(H,21,24)/t16-/m0/s1. The van der Waals surface area contributed by atoms with Gasteiger partial charge in [0.25, 0.3) is 0 Å². The van der Waals surface area contributed by atoms with E-state index in [1.165, 1.54) is 12.8 Å². The van der Waals surface area contributed by atoms with E-state index < -0.39 is 0 Å². The van der Waals surface area contributed by atoms with Crippen molar-refractivity contribution in [3.8, 4) is 0 Å². The molecule has 2 aliphatic rings. The third kappa shape index (κ3) is 4.82. The Bertz CT molecular complexity index is 584. The predicted octanol–water partition coefficient (Wildman–Crippen LogP) is 2.34. The molecule has 25 heavy (non-hydrogen) atoms. The third-order valence-electron chi connectivity index (χ3n) is 5.43. The zero-order valence-corrected chi connectivity index (χ0v) is 15.1. The van der Waals surface area contributed by atoms with Crippen LogP contribution in [0.25, 0.3) is 0 Å². The Balaban J connectivity index is 1.40. The van der Waals surface area contributed by atoms with Gasteiger partial charge < -0.3 is 10.2 Å². The average Bonchev–Trinajstić information content (AvgIpc) is 3.15. The SMILES string of the molecule is C[C@H](NC(=O)CCN1CCN(C2CCCC2)C(=O)C1)c1ccccc1. The molecule has 1 saturated heterocycles. The molecule has 1 aliphatic heterocycles. The summed E-state index contributed by atoms with van der Waals surface area (Å²) >= 11 is 0. The third-order valence-corrected chi connectivity index (χ3v) is 5.43. The molecule has 0 aromatic heterocycles. The van der Waals surface area contributed by atoms with Gasteiger partial charge in [0.15, 0.2) is 0 Å². The Morgan fingerprint density at radius 2 is 1.92 bits per heavy atom. The van der Waals surface area contributed by atoms with Crippen LogP contribution in [0.15, 0.2) is 30.3 Å². The summed E-state index contributed by atoms with van der Waals surface area (Å²) in [6, 6.07) is 10.4. The van der Waals surface area contributed by atoms with Crippen molar-refractivity contribution in [2.24, 2.45) is 0 Å². The van der Waals surface area contributed by atoms with Crippen LogP contribution in [0.2, 0.25) is 0 Å². The van der Waals surface area contributed by atoms with Gasteiger partial charge in [-0.05, 0) is 25.3 Å². The molecule has 1 aliphatic carbocycles. The second-order valence-corrected chi connectivity index (χ2v) is 7.25. The zero-order valence-electron chi connectivity index (χ0n) is 15.1. The van der Waals surface area contributed by atoms with Crippen LogP contribution in [-0.4, -0.2) is 53.8 Å². The van der Waals surface area contributed by atoms with Crippen molar-refractivity contribution in [2.45, 2.75) is 51.1 Å². The zero-order chi connectivity index (χ0) is 17.6. The van der Waals surface area contributed by atoms with E-state index >= 15 is 0 Å². The van der Waals surface area contributed by atoms with Crippen molar-refractivity contribution in [3.63, 3.8) is 0 Å². The molecule has 0 unspecified atom stereocenters. The number of piperazine rings is 1. The van der Waals surface area contributed by atoms with Crippen molar-refractivity contribution in [1.82, 2.24) is 15.1 Å². The van der Waals surface area contributed by atoms with Gasteiger partial charge in [0.1, 0.15) is 0 Å². The molecule has 0 radical (unpaired) electrons. The van der Waals surface area contributed by atoms with E-state index in [2.05, 4.69) is 15.1 Å². The highest BCUT2D eigenvalue weighted by Gasteiger charge is 2.31. The van der Waals surface area contributed by atoms with E-state index in [4.69, 9.17) is 0 Å². The van der Waals surface area contributed by atoms with Gasteiger partial charge in [-0.1, -0.05) is 43.2 Å². The molecule has 1 aromatic carbocycles. The van der Waals surface area contributed by atoms with Gasteiger partial charge in [-0.15, -0.1) is 0 Å². The normalized spacial score (nSPS) is 20.7. The Morgan fingerprint density at radius 1 is 1.20 bits per heavy atom. The van der Waals surface area contributed by atoms with Crippen molar-refractivity contribution in [2.75, 3.05) is 26.2 Å². The second kappa shape index (κ2) is 8.48. The summed E-state index contributed by atoms with van der Waals surface area (Å²) < 4.78 is 0.